The molecular formula is C17H27FN2O. The Labute approximate surface area is 127 Å². The van der Waals surface area contributed by atoms with E-state index in [0.29, 0.717) is 12.2 Å². The monoisotopic (exact) mass is 294 g/mol. The number of rotatable bonds is 6. The summed E-state index contributed by atoms with van der Waals surface area (Å²) >= 11 is 0. The molecule has 0 radical (unpaired) electrons. The third-order valence-corrected chi connectivity index (χ3v) is 4.30. The summed E-state index contributed by atoms with van der Waals surface area (Å²) in [7, 11) is 1.87. The summed E-state index contributed by atoms with van der Waals surface area (Å²) in [6.45, 7) is 7.75. The third kappa shape index (κ3) is 4.42. The first-order chi connectivity index (χ1) is 10.1. The van der Waals surface area contributed by atoms with E-state index in [4.69, 9.17) is 4.74 Å². The van der Waals surface area contributed by atoms with Crippen molar-refractivity contribution in [3.05, 3.63) is 29.1 Å². The van der Waals surface area contributed by atoms with E-state index in [1.165, 1.54) is 32.4 Å². The summed E-state index contributed by atoms with van der Waals surface area (Å²) in [6, 6.07) is 3.48. The summed E-state index contributed by atoms with van der Waals surface area (Å²) in [4.78, 5) is 2.45. The fourth-order valence-corrected chi connectivity index (χ4v) is 2.76. The second-order valence-electron chi connectivity index (χ2n) is 5.90. The van der Waals surface area contributed by atoms with Gasteiger partial charge < -0.3 is 10.1 Å². The van der Waals surface area contributed by atoms with E-state index in [1.54, 1.807) is 13.0 Å². The molecule has 2 rings (SSSR count). The molecule has 0 bridgehead atoms. The largest absolute Gasteiger partial charge is 0.492 e. The lowest BCUT2D eigenvalue weighted by molar-refractivity contribution is 0.182. The van der Waals surface area contributed by atoms with Gasteiger partial charge in [0.25, 0.3) is 0 Å². The fraction of sp³-hybridized carbons (Fsp3) is 0.647. The fourth-order valence-electron chi connectivity index (χ4n) is 2.76. The Kier molecular flexibility index (Phi) is 6.00. The van der Waals surface area contributed by atoms with E-state index in [9.17, 15) is 4.39 Å². The first-order valence-corrected chi connectivity index (χ1v) is 7.94. The molecule has 1 fully saturated rings. The van der Waals surface area contributed by atoms with Crippen LogP contribution in [0.15, 0.2) is 12.1 Å². The predicted molar refractivity (Wildman–Crippen MR) is 84.4 cm³/mol. The van der Waals surface area contributed by atoms with Gasteiger partial charge in [-0.3, -0.25) is 4.90 Å². The number of hydrogen-bond acceptors (Lipinski definition) is 3. The molecule has 118 valence electrons. The van der Waals surface area contributed by atoms with Gasteiger partial charge in [0.05, 0.1) is 0 Å². The van der Waals surface area contributed by atoms with Gasteiger partial charge in [-0.05, 0) is 64.5 Å². The van der Waals surface area contributed by atoms with Crippen molar-refractivity contribution in [2.75, 3.05) is 33.3 Å². The van der Waals surface area contributed by atoms with Crippen molar-refractivity contribution in [1.82, 2.24) is 10.2 Å². The zero-order chi connectivity index (χ0) is 15.2. The average molecular weight is 294 g/mol. The summed E-state index contributed by atoms with van der Waals surface area (Å²) in [5.74, 6) is 0.628. The molecule has 1 unspecified atom stereocenters. The number of hydrogen-bond donors (Lipinski definition) is 1. The zero-order valence-corrected chi connectivity index (χ0v) is 13.4. The highest BCUT2D eigenvalue weighted by Crippen LogP contribution is 2.28. The molecule has 1 atom stereocenters. The second-order valence-corrected chi connectivity index (χ2v) is 5.90. The number of benzene rings is 1. The number of piperidine rings is 1. The minimum absolute atomic E-state index is 0.0742. The van der Waals surface area contributed by atoms with Crippen LogP contribution in [0.2, 0.25) is 0 Å². The summed E-state index contributed by atoms with van der Waals surface area (Å²) < 4.78 is 19.7. The van der Waals surface area contributed by atoms with Crippen molar-refractivity contribution in [3.63, 3.8) is 0 Å². The van der Waals surface area contributed by atoms with E-state index in [2.05, 4.69) is 10.2 Å². The number of likely N-dealkylation sites (tertiary alicyclic amines) is 1. The van der Waals surface area contributed by atoms with Gasteiger partial charge in [0.15, 0.2) is 0 Å². The molecule has 1 aromatic rings. The molecule has 0 aliphatic carbocycles. The van der Waals surface area contributed by atoms with Crippen LogP contribution in [0.5, 0.6) is 5.75 Å². The van der Waals surface area contributed by atoms with Crippen LogP contribution in [0.3, 0.4) is 0 Å². The zero-order valence-electron chi connectivity index (χ0n) is 13.4. The highest BCUT2D eigenvalue weighted by atomic mass is 19.1. The van der Waals surface area contributed by atoms with Crippen LogP contribution in [0.4, 0.5) is 4.39 Å². The normalized spacial score (nSPS) is 17.7. The summed E-state index contributed by atoms with van der Waals surface area (Å²) in [5.41, 5.74) is 1.52. The number of nitrogens with one attached hydrogen (secondary N) is 1. The quantitative estimate of drug-likeness (QED) is 0.871. The number of aryl methyl sites for hydroxylation is 1. The van der Waals surface area contributed by atoms with Gasteiger partial charge in [-0.15, -0.1) is 0 Å². The predicted octanol–water partition coefficient (Wildman–Crippen LogP) is 3.28. The molecule has 1 aromatic carbocycles. The molecule has 3 nitrogen and oxygen atoms in total. The Bertz CT molecular complexity index is 458. The summed E-state index contributed by atoms with van der Waals surface area (Å²) in [6.07, 6.45) is 3.92. The molecule has 0 saturated carbocycles. The molecule has 1 saturated heterocycles. The van der Waals surface area contributed by atoms with Gasteiger partial charge in [0.1, 0.15) is 18.2 Å². The van der Waals surface area contributed by atoms with Gasteiger partial charge in [0, 0.05) is 18.2 Å². The maximum Gasteiger partial charge on any atom is 0.126 e. The highest BCUT2D eigenvalue weighted by Gasteiger charge is 2.15. The lowest BCUT2D eigenvalue weighted by Gasteiger charge is -2.26. The van der Waals surface area contributed by atoms with Crippen molar-refractivity contribution in [2.45, 2.75) is 39.2 Å². The van der Waals surface area contributed by atoms with Crippen LogP contribution in [0, 0.1) is 12.7 Å². The standard InChI is InChI=1S/C17H27FN2O/c1-13-11-17(15(12-16(13)18)14(2)19-3)21-10-9-20-7-5-4-6-8-20/h11-12,14,19H,4-10H2,1-3H3. The van der Waals surface area contributed by atoms with Crippen molar-refractivity contribution in [2.24, 2.45) is 0 Å². The Morgan fingerprint density at radius 2 is 2.00 bits per heavy atom. The molecule has 0 amide bonds. The smallest absolute Gasteiger partial charge is 0.126 e. The minimum atomic E-state index is -0.171. The number of nitrogens with zero attached hydrogens (tertiary/aromatic N) is 1. The van der Waals surface area contributed by atoms with Crippen LogP contribution in [0.1, 0.15) is 43.4 Å². The molecule has 4 heteroatoms. The van der Waals surface area contributed by atoms with Gasteiger partial charge >= 0.3 is 0 Å². The van der Waals surface area contributed by atoms with Crippen molar-refractivity contribution in [3.8, 4) is 5.75 Å². The molecule has 1 aliphatic rings. The van der Waals surface area contributed by atoms with Crippen LogP contribution < -0.4 is 10.1 Å². The SMILES string of the molecule is CNC(C)c1cc(F)c(C)cc1OCCN1CCCCC1. The van der Waals surface area contributed by atoms with E-state index in [0.717, 1.165) is 17.9 Å². The Balaban J connectivity index is 1.98. The number of halogens is 1. The van der Waals surface area contributed by atoms with Crippen LogP contribution in [-0.4, -0.2) is 38.2 Å². The summed E-state index contributed by atoms with van der Waals surface area (Å²) in [5, 5.41) is 3.15. The maximum atomic E-state index is 13.8. The van der Waals surface area contributed by atoms with Crippen LogP contribution in [-0.2, 0) is 0 Å². The highest BCUT2D eigenvalue weighted by molar-refractivity contribution is 5.40. The Morgan fingerprint density at radius 1 is 1.29 bits per heavy atom. The Morgan fingerprint density at radius 3 is 2.67 bits per heavy atom. The lowest BCUT2D eigenvalue weighted by Crippen LogP contribution is -2.33. The molecule has 1 N–H and O–H groups in total. The molecule has 1 aliphatic heterocycles. The van der Waals surface area contributed by atoms with E-state index in [-0.39, 0.29) is 11.9 Å². The van der Waals surface area contributed by atoms with Gasteiger partial charge in [-0.2, -0.15) is 0 Å². The topological polar surface area (TPSA) is 24.5 Å². The molecule has 1 heterocycles. The van der Waals surface area contributed by atoms with E-state index in [1.807, 2.05) is 20.0 Å². The number of ether oxygens (including phenoxy) is 1. The third-order valence-electron chi connectivity index (χ3n) is 4.30. The minimum Gasteiger partial charge on any atom is -0.492 e. The van der Waals surface area contributed by atoms with Gasteiger partial charge in [-0.1, -0.05) is 6.42 Å². The average Bonchev–Trinajstić information content (AvgIpc) is 2.51. The molecule has 0 aromatic heterocycles. The molecular weight excluding hydrogens is 267 g/mol. The van der Waals surface area contributed by atoms with Crippen LogP contribution >= 0.6 is 0 Å². The van der Waals surface area contributed by atoms with Crippen molar-refractivity contribution >= 4 is 0 Å². The van der Waals surface area contributed by atoms with Gasteiger partial charge in [-0.25, -0.2) is 4.39 Å². The molecule has 21 heavy (non-hydrogen) atoms. The van der Waals surface area contributed by atoms with E-state index >= 15 is 0 Å². The van der Waals surface area contributed by atoms with Gasteiger partial charge in [0.2, 0.25) is 0 Å². The first-order valence-electron chi connectivity index (χ1n) is 7.94. The molecule has 0 spiro atoms. The Hall–Kier alpha value is -1.13. The lowest BCUT2D eigenvalue weighted by atomic mass is 10.0. The van der Waals surface area contributed by atoms with Crippen molar-refractivity contribution < 1.29 is 9.13 Å². The van der Waals surface area contributed by atoms with Crippen molar-refractivity contribution in [1.29, 1.82) is 0 Å². The maximum absolute atomic E-state index is 13.8. The van der Waals surface area contributed by atoms with E-state index < -0.39 is 0 Å². The van der Waals surface area contributed by atoms with Crippen LogP contribution in [0.25, 0.3) is 0 Å². The first kappa shape index (κ1) is 16.2. The second kappa shape index (κ2) is 7.76.